The van der Waals surface area contributed by atoms with Crippen LogP contribution in [0.3, 0.4) is 0 Å². The van der Waals surface area contributed by atoms with E-state index in [-0.39, 0.29) is 6.04 Å². The van der Waals surface area contributed by atoms with Crippen LogP contribution in [0.15, 0.2) is 43.0 Å². The maximum absolute atomic E-state index is 4.43. The van der Waals surface area contributed by atoms with Gasteiger partial charge in [-0.1, -0.05) is 36.2 Å². The first-order valence-electron chi connectivity index (χ1n) is 7.28. The molecule has 0 saturated heterocycles. The Labute approximate surface area is 124 Å². The van der Waals surface area contributed by atoms with Crippen LogP contribution in [-0.4, -0.2) is 21.1 Å². The predicted octanol–water partition coefficient (Wildman–Crippen LogP) is 3.05. The van der Waals surface area contributed by atoms with Crippen molar-refractivity contribution >= 4 is 5.52 Å². The number of fused-ring (bicyclic) bond motifs is 1. The van der Waals surface area contributed by atoms with Crippen molar-refractivity contribution in [3.05, 3.63) is 65.2 Å². The van der Waals surface area contributed by atoms with Crippen LogP contribution in [0.2, 0.25) is 0 Å². The highest BCUT2D eigenvalue weighted by molar-refractivity contribution is 5.56. The molecule has 3 rings (SSSR count). The molecule has 0 fully saturated rings. The molecule has 0 bridgehead atoms. The fourth-order valence-corrected chi connectivity index (χ4v) is 2.86. The lowest BCUT2D eigenvalue weighted by Crippen LogP contribution is -2.22. The van der Waals surface area contributed by atoms with Crippen molar-refractivity contribution in [3.8, 4) is 0 Å². The van der Waals surface area contributed by atoms with Gasteiger partial charge in [0, 0.05) is 18.0 Å². The third-order valence-electron chi connectivity index (χ3n) is 3.65. The molecule has 4 heteroatoms. The smallest absolute Gasteiger partial charge is 0.0896 e. The van der Waals surface area contributed by atoms with E-state index in [1.165, 1.54) is 16.7 Å². The summed E-state index contributed by atoms with van der Waals surface area (Å²) < 4.78 is 1.87. The van der Waals surface area contributed by atoms with E-state index in [1.54, 1.807) is 6.20 Å². The van der Waals surface area contributed by atoms with E-state index in [0.717, 1.165) is 17.6 Å². The third-order valence-corrected chi connectivity index (χ3v) is 3.65. The number of hydrogen-bond donors (Lipinski definition) is 1. The molecule has 0 saturated carbocycles. The first kappa shape index (κ1) is 13.8. The van der Waals surface area contributed by atoms with Gasteiger partial charge in [-0.2, -0.15) is 5.10 Å². The van der Waals surface area contributed by atoms with Gasteiger partial charge in [0.2, 0.25) is 0 Å². The Morgan fingerprint density at radius 2 is 1.90 bits per heavy atom. The number of rotatable bonds is 4. The second-order valence-electron chi connectivity index (χ2n) is 5.42. The summed E-state index contributed by atoms with van der Waals surface area (Å²) in [5.74, 6) is 0. The summed E-state index contributed by atoms with van der Waals surface area (Å²) in [6.45, 7) is 7.29. The molecule has 0 aliphatic rings. The van der Waals surface area contributed by atoms with E-state index in [9.17, 15) is 0 Å². The zero-order valence-electron chi connectivity index (χ0n) is 12.7. The largest absolute Gasteiger partial charge is 0.306 e. The molecule has 2 aromatic heterocycles. The van der Waals surface area contributed by atoms with Crippen LogP contribution in [-0.2, 0) is 0 Å². The number of hydrogen-bond acceptors (Lipinski definition) is 3. The Bertz CT molecular complexity index is 740. The molecule has 4 nitrogen and oxygen atoms in total. The average molecular weight is 280 g/mol. The van der Waals surface area contributed by atoms with Crippen LogP contribution >= 0.6 is 0 Å². The molecule has 2 heterocycles. The molecule has 1 aromatic carbocycles. The van der Waals surface area contributed by atoms with Gasteiger partial charge in [-0.3, -0.25) is 4.98 Å². The van der Waals surface area contributed by atoms with Crippen molar-refractivity contribution in [3.63, 3.8) is 0 Å². The molecule has 0 aliphatic carbocycles. The van der Waals surface area contributed by atoms with Gasteiger partial charge in [0.15, 0.2) is 0 Å². The van der Waals surface area contributed by atoms with Crippen LogP contribution in [0.4, 0.5) is 0 Å². The van der Waals surface area contributed by atoms with Gasteiger partial charge in [-0.05, 0) is 26.0 Å². The van der Waals surface area contributed by atoms with Gasteiger partial charge in [-0.25, -0.2) is 4.52 Å². The lowest BCUT2D eigenvalue weighted by molar-refractivity contribution is 0.633. The summed E-state index contributed by atoms with van der Waals surface area (Å²) in [6, 6.07) is 6.81. The monoisotopic (exact) mass is 280 g/mol. The molecular weight excluding hydrogens is 260 g/mol. The second-order valence-corrected chi connectivity index (χ2v) is 5.42. The topological polar surface area (TPSA) is 42.2 Å². The number of aryl methyl sites for hydroxylation is 2. The van der Waals surface area contributed by atoms with E-state index in [0.29, 0.717) is 0 Å². The Morgan fingerprint density at radius 1 is 1.14 bits per heavy atom. The van der Waals surface area contributed by atoms with Gasteiger partial charge < -0.3 is 5.32 Å². The number of benzene rings is 1. The molecule has 0 radical (unpaired) electrons. The van der Waals surface area contributed by atoms with Crippen LogP contribution in [0, 0.1) is 13.8 Å². The summed E-state index contributed by atoms with van der Waals surface area (Å²) >= 11 is 0. The highest BCUT2D eigenvalue weighted by atomic mass is 15.2. The van der Waals surface area contributed by atoms with Gasteiger partial charge in [0.25, 0.3) is 0 Å². The molecule has 0 spiro atoms. The van der Waals surface area contributed by atoms with Crippen molar-refractivity contribution in [2.24, 2.45) is 0 Å². The standard InChI is InChI=1S/C17H20N4/c1-4-19-17(14-8-12(2)7-13(3)9-14)15-10-20-21-6-5-18-11-16(15)21/h5-11,17,19H,4H2,1-3H3. The zero-order valence-corrected chi connectivity index (χ0v) is 12.7. The highest BCUT2D eigenvalue weighted by Gasteiger charge is 2.18. The minimum absolute atomic E-state index is 0.135. The first-order chi connectivity index (χ1) is 10.2. The van der Waals surface area contributed by atoms with Crippen molar-refractivity contribution in [1.82, 2.24) is 19.9 Å². The van der Waals surface area contributed by atoms with Crippen LogP contribution in [0.25, 0.3) is 5.52 Å². The third kappa shape index (κ3) is 2.67. The van der Waals surface area contributed by atoms with E-state index in [2.05, 4.69) is 54.4 Å². The van der Waals surface area contributed by atoms with Crippen LogP contribution in [0.1, 0.15) is 35.2 Å². The molecule has 3 aromatic rings. The van der Waals surface area contributed by atoms with Crippen LogP contribution < -0.4 is 5.32 Å². The Kier molecular flexibility index (Phi) is 3.71. The van der Waals surface area contributed by atoms with Gasteiger partial charge >= 0.3 is 0 Å². The fraction of sp³-hybridized carbons (Fsp3) is 0.294. The van der Waals surface area contributed by atoms with Gasteiger partial charge in [-0.15, -0.1) is 0 Å². The lowest BCUT2D eigenvalue weighted by atomic mass is 9.96. The molecule has 108 valence electrons. The van der Waals surface area contributed by atoms with E-state index < -0.39 is 0 Å². The summed E-state index contributed by atoms with van der Waals surface area (Å²) in [5.41, 5.74) is 6.04. The van der Waals surface area contributed by atoms with Gasteiger partial charge in [0.1, 0.15) is 0 Å². The van der Waals surface area contributed by atoms with Crippen LogP contribution in [0.5, 0.6) is 0 Å². The molecule has 1 atom stereocenters. The lowest BCUT2D eigenvalue weighted by Gasteiger charge is -2.19. The summed E-state index contributed by atoms with van der Waals surface area (Å²) in [7, 11) is 0. The Hall–Kier alpha value is -2.20. The maximum atomic E-state index is 4.43. The minimum Gasteiger partial charge on any atom is -0.306 e. The minimum atomic E-state index is 0.135. The summed E-state index contributed by atoms with van der Waals surface area (Å²) in [5, 5.41) is 8.00. The van der Waals surface area contributed by atoms with E-state index in [1.807, 2.05) is 23.1 Å². The molecule has 1 N–H and O–H groups in total. The Morgan fingerprint density at radius 3 is 2.62 bits per heavy atom. The second kappa shape index (κ2) is 5.66. The maximum Gasteiger partial charge on any atom is 0.0896 e. The molecular formula is C17H20N4. The summed E-state index contributed by atoms with van der Waals surface area (Å²) in [6.07, 6.45) is 7.43. The predicted molar refractivity (Wildman–Crippen MR) is 84.4 cm³/mol. The average Bonchev–Trinajstić information content (AvgIpc) is 2.87. The molecule has 1 unspecified atom stereocenters. The van der Waals surface area contributed by atoms with Crippen molar-refractivity contribution in [2.75, 3.05) is 6.54 Å². The number of nitrogens with zero attached hydrogens (tertiary/aromatic N) is 3. The molecule has 21 heavy (non-hydrogen) atoms. The first-order valence-corrected chi connectivity index (χ1v) is 7.28. The van der Waals surface area contributed by atoms with Crippen molar-refractivity contribution in [1.29, 1.82) is 0 Å². The highest BCUT2D eigenvalue weighted by Crippen LogP contribution is 2.26. The SMILES string of the molecule is CCNC(c1cc(C)cc(C)c1)c1cnn2ccncc12. The normalized spacial score (nSPS) is 12.7. The van der Waals surface area contributed by atoms with E-state index in [4.69, 9.17) is 0 Å². The quantitative estimate of drug-likeness (QED) is 0.798. The number of aromatic nitrogens is 3. The number of nitrogens with one attached hydrogen (secondary N) is 1. The van der Waals surface area contributed by atoms with E-state index >= 15 is 0 Å². The van der Waals surface area contributed by atoms with Crippen molar-refractivity contribution in [2.45, 2.75) is 26.8 Å². The summed E-state index contributed by atoms with van der Waals surface area (Å²) in [4.78, 5) is 4.23. The molecule has 0 amide bonds. The Balaban J connectivity index is 2.13. The zero-order chi connectivity index (χ0) is 14.8. The van der Waals surface area contributed by atoms with Crippen molar-refractivity contribution < 1.29 is 0 Å². The van der Waals surface area contributed by atoms with Gasteiger partial charge in [0.05, 0.1) is 24.0 Å². The molecule has 0 aliphatic heterocycles. The fourth-order valence-electron chi connectivity index (χ4n) is 2.86.